The van der Waals surface area contributed by atoms with E-state index in [1.165, 1.54) is 12.8 Å². The molecule has 0 aromatic heterocycles. The van der Waals surface area contributed by atoms with Crippen LogP contribution in [0.1, 0.15) is 33.1 Å². The Hall–Kier alpha value is -0.220. The molecule has 94 valence electrons. The first-order chi connectivity index (χ1) is 7.69. The van der Waals surface area contributed by atoms with Gasteiger partial charge in [0.25, 0.3) is 0 Å². The van der Waals surface area contributed by atoms with E-state index >= 15 is 0 Å². The second-order valence-electron chi connectivity index (χ2n) is 4.50. The molecule has 1 fully saturated rings. The van der Waals surface area contributed by atoms with Gasteiger partial charge in [0.1, 0.15) is 0 Å². The van der Waals surface area contributed by atoms with E-state index < -0.39 is 0 Å². The van der Waals surface area contributed by atoms with Crippen molar-refractivity contribution in [2.45, 2.75) is 44.4 Å². The van der Waals surface area contributed by atoms with Gasteiger partial charge in [0.05, 0.1) is 0 Å². The number of hydrogen-bond donors (Lipinski definition) is 2. The Balaban J connectivity index is 2.37. The van der Waals surface area contributed by atoms with Crippen molar-refractivity contribution < 1.29 is 4.79 Å². The lowest BCUT2D eigenvalue weighted by Crippen LogP contribution is -2.43. The van der Waals surface area contributed by atoms with Crippen molar-refractivity contribution in [1.29, 1.82) is 0 Å². The highest BCUT2D eigenvalue weighted by atomic mass is 32.2. The maximum Gasteiger partial charge on any atom is 0.224 e. The number of rotatable bonds is 6. The summed E-state index contributed by atoms with van der Waals surface area (Å²) < 4.78 is 0. The lowest BCUT2D eigenvalue weighted by atomic mass is 10.1. The van der Waals surface area contributed by atoms with Gasteiger partial charge in [-0.25, -0.2) is 0 Å². The molecule has 16 heavy (non-hydrogen) atoms. The molecule has 3 atom stereocenters. The largest absolute Gasteiger partial charge is 0.352 e. The maximum absolute atomic E-state index is 11.9. The van der Waals surface area contributed by atoms with Crippen molar-refractivity contribution in [3.8, 4) is 0 Å². The quantitative estimate of drug-likeness (QED) is 0.746. The number of nitrogens with one attached hydrogen (secondary N) is 2. The van der Waals surface area contributed by atoms with Crippen molar-refractivity contribution in [1.82, 2.24) is 10.6 Å². The van der Waals surface area contributed by atoms with E-state index in [1.807, 2.05) is 25.7 Å². The summed E-state index contributed by atoms with van der Waals surface area (Å²) in [5.41, 5.74) is 0. The molecule has 1 saturated carbocycles. The summed E-state index contributed by atoms with van der Waals surface area (Å²) in [6.07, 6.45) is 3.66. The van der Waals surface area contributed by atoms with Gasteiger partial charge in [-0.3, -0.25) is 4.79 Å². The van der Waals surface area contributed by atoms with Crippen LogP contribution in [0.4, 0.5) is 0 Å². The molecular formula is C12H24N2OS. The number of thioether (sulfide) groups is 1. The van der Waals surface area contributed by atoms with E-state index in [0.29, 0.717) is 11.3 Å². The van der Waals surface area contributed by atoms with E-state index in [2.05, 4.69) is 17.6 Å². The molecule has 0 saturated heterocycles. The van der Waals surface area contributed by atoms with Gasteiger partial charge in [-0.15, -0.1) is 0 Å². The Morgan fingerprint density at radius 2 is 2.25 bits per heavy atom. The fourth-order valence-corrected chi connectivity index (χ4v) is 3.43. The lowest BCUT2D eigenvalue weighted by Gasteiger charge is -2.22. The number of amides is 1. The van der Waals surface area contributed by atoms with Gasteiger partial charge in [0, 0.05) is 23.8 Å². The molecule has 0 aromatic carbocycles. The Kier molecular flexibility index (Phi) is 6.21. The van der Waals surface area contributed by atoms with Crippen LogP contribution in [0.15, 0.2) is 0 Å². The highest BCUT2D eigenvalue weighted by Crippen LogP contribution is 2.29. The molecule has 3 nitrogen and oxygen atoms in total. The first kappa shape index (κ1) is 13.8. The maximum atomic E-state index is 11.9. The summed E-state index contributed by atoms with van der Waals surface area (Å²) in [6, 6.07) is 0.400. The lowest BCUT2D eigenvalue weighted by molar-refractivity contribution is -0.125. The van der Waals surface area contributed by atoms with Crippen molar-refractivity contribution in [3.05, 3.63) is 0 Å². The van der Waals surface area contributed by atoms with Crippen LogP contribution in [0.3, 0.4) is 0 Å². The molecule has 0 bridgehead atoms. The van der Waals surface area contributed by atoms with E-state index in [4.69, 9.17) is 0 Å². The van der Waals surface area contributed by atoms with Gasteiger partial charge in [-0.2, -0.15) is 11.8 Å². The van der Waals surface area contributed by atoms with Crippen LogP contribution in [-0.4, -0.2) is 36.5 Å². The third kappa shape index (κ3) is 3.98. The number of carbonyl (C=O) groups excluding carboxylic acids is 1. The third-order valence-corrected chi connectivity index (χ3v) is 4.44. The average molecular weight is 244 g/mol. The molecule has 0 spiro atoms. The van der Waals surface area contributed by atoms with Gasteiger partial charge < -0.3 is 10.6 Å². The predicted molar refractivity (Wildman–Crippen MR) is 70.8 cm³/mol. The van der Waals surface area contributed by atoms with E-state index in [9.17, 15) is 4.79 Å². The second kappa shape index (κ2) is 7.17. The van der Waals surface area contributed by atoms with Crippen LogP contribution >= 0.6 is 11.8 Å². The van der Waals surface area contributed by atoms with Crippen molar-refractivity contribution in [2.75, 3.05) is 19.3 Å². The zero-order valence-electron chi connectivity index (χ0n) is 10.6. The molecule has 0 aromatic rings. The van der Waals surface area contributed by atoms with E-state index in [0.717, 1.165) is 18.7 Å². The van der Waals surface area contributed by atoms with Crippen molar-refractivity contribution in [3.63, 3.8) is 0 Å². The zero-order valence-corrected chi connectivity index (χ0v) is 11.4. The van der Waals surface area contributed by atoms with Gasteiger partial charge in [-0.05, 0) is 25.6 Å². The fraction of sp³-hybridized carbons (Fsp3) is 0.917. The average Bonchev–Trinajstić information content (AvgIpc) is 2.67. The Bertz CT molecular complexity index is 223. The number of hydrogen-bond acceptors (Lipinski definition) is 3. The van der Waals surface area contributed by atoms with Crippen LogP contribution in [0, 0.1) is 5.92 Å². The summed E-state index contributed by atoms with van der Waals surface area (Å²) in [6.45, 7) is 4.92. The molecular weight excluding hydrogens is 220 g/mol. The molecule has 4 heteroatoms. The summed E-state index contributed by atoms with van der Waals surface area (Å²) in [5.74, 6) is 1.41. The summed E-state index contributed by atoms with van der Waals surface area (Å²) in [4.78, 5) is 11.9. The molecule has 2 N–H and O–H groups in total. The summed E-state index contributed by atoms with van der Waals surface area (Å²) >= 11 is 1.98. The summed E-state index contributed by atoms with van der Waals surface area (Å²) in [5, 5.41) is 6.88. The van der Waals surface area contributed by atoms with E-state index in [-0.39, 0.29) is 11.8 Å². The van der Waals surface area contributed by atoms with Crippen molar-refractivity contribution >= 4 is 17.7 Å². The van der Waals surface area contributed by atoms with Gasteiger partial charge >= 0.3 is 0 Å². The van der Waals surface area contributed by atoms with Crippen LogP contribution in [0.5, 0.6) is 0 Å². The molecule has 0 aliphatic heterocycles. The monoisotopic (exact) mass is 244 g/mol. The first-order valence-corrected chi connectivity index (χ1v) is 7.30. The number of carbonyl (C=O) groups is 1. The van der Waals surface area contributed by atoms with E-state index in [1.54, 1.807) is 0 Å². The standard InChI is InChI=1S/C12H24N2OS/c1-4-16-11-7-5-6-10(11)14-12(15)9(2)8-13-3/h9-11,13H,4-8H2,1-3H3,(H,14,15). The van der Waals surface area contributed by atoms with Crippen molar-refractivity contribution in [2.24, 2.45) is 5.92 Å². The second-order valence-corrected chi connectivity index (χ2v) is 6.01. The van der Waals surface area contributed by atoms with Crippen LogP contribution < -0.4 is 10.6 Å². The molecule has 1 aliphatic rings. The minimum absolute atomic E-state index is 0.0675. The first-order valence-electron chi connectivity index (χ1n) is 6.25. The molecule has 3 unspecified atom stereocenters. The third-order valence-electron chi connectivity index (χ3n) is 3.12. The minimum Gasteiger partial charge on any atom is -0.352 e. The minimum atomic E-state index is 0.0675. The molecule has 1 rings (SSSR count). The normalized spacial score (nSPS) is 26.7. The molecule has 0 radical (unpaired) electrons. The Morgan fingerprint density at radius 3 is 2.88 bits per heavy atom. The Labute approximate surface area is 103 Å². The molecule has 0 heterocycles. The Morgan fingerprint density at radius 1 is 1.50 bits per heavy atom. The topological polar surface area (TPSA) is 41.1 Å². The molecule has 1 aliphatic carbocycles. The summed E-state index contributed by atoms with van der Waals surface area (Å²) in [7, 11) is 1.88. The fourth-order valence-electron chi connectivity index (χ4n) is 2.23. The van der Waals surface area contributed by atoms with Gasteiger partial charge in [0.2, 0.25) is 5.91 Å². The van der Waals surface area contributed by atoms with Crippen LogP contribution in [-0.2, 0) is 4.79 Å². The smallest absolute Gasteiger partial charge is 0.224 e. The van der Waals surface area contributed by atoms with Gasteiger partial charge in [0.15, 0.2) is 0 Å². The highest BCUT2D eigenvalue weighted by Gasteiger charge is 2.29. The SMILES string of the molecule is CCSC1CCCC1NC(=O)C(C)CNC. The van der Waals surface area contributed by atoms with Crippen LogP contribution in [0.2, 0.25) is 0 Å². The highest BCUT2D eigenvalue weighted by molar-refractivity contribution is 7.99. The predicted octanol–water partition coefficient (Wildman–Crippen LogP) is 1.63. The van der Waals surface area contributed by atoms with Gasteiger partial charge in [-0.1, -0.05) is 20.3 Å². The van der Waals surface area contributed by atoms with Crippen LogP contribution in [0.25, 0.3) is 0 Å². The molecule has 1 amide bonds. The zero-order chi connectivity index (χ0) is 12.0.